The van der Waals surface area contributed by atoms with Crippen LogP contribution < -0.4 is 10.2 Å². The molecule has 0 aromatic heterocycles. The van der Waals surface area contributed by atoms with Gasteiger partial charge in [-0.2, -0.15) is 0 Å². The first-order chi connectivity index (χ1) is 14.4. The van der Waals surface area contributed by atoms with Crippen LogP contribution in [0, 0.1) is 0 Å². The molecular formula is C21H19ClN2O6. The van der Waals surface area contributed by atoms with Gasteiger partial charge in [0.15, 0.2) is 0 Å². The van der Waals surface area contributed by atoms with E-state index in [4.69, 9.17) is 25.8 Å². The molecular weight excluding hydrogens is 412 g/mol. The zero-order valence-corrected chi connectivity index (χ0v) is 17.1. The molecule has 0 bridgehead atoms. The van der Waals surface area contributed by atoms with Gasteiger partial charge in [0.05, 0.1) is 26.4 Å². The van der Waals surface area contributed by atoms with Crippen molar-refractivity contribution >= 4 is 40.8 Å². The van der Waals surface area contributed by atoms with Crippen LogP contribution in [0.5, 0.6) is 0 Å². The number of carbonyl (C=O) groups excluding carboxylic acids is 3. The van der Waals surface area contributed by atoms with Crippen LogP contribution in [0.3, 0.4) is 0 Å². The number of benzene rings is 2. The van der Waals surface area contributed by atoms with E-state index in [0.29, 0.717) is 22.0 Å². The summed E-state index contributed by atoms with van der Waals surface area (Å²) in [7, 11) is 2.43. The van der Waals surface area contributed by atoms with Crippen molar-refractivity contribution in [2.24, 2.45) is 0 Å². The van der Waals surface area contributed by atoms with Crippen molar-refractivity contribution in [3.63, 3.8) is 0 Å². The Hall–Kier alpha value is -3.36. The van der Waals surface area contributed by atoms with Gasteiger partial charge >= 0.3 is 11.9 Å². The summed E-state index contributed by atoms with van der Waals surface area (Å²) < 4.78 is 15.0. The van der Waals surface area contributed by atoms with Gasteiger partial charge in [-0.3, -0.25) is 4.79 Å². The van der Waals surface area contributed by atoms with Crippen LogP contribution in [0.2, 0.25) is 5.02 Å². The minimum absolute atomic E-state index is 0.00543. The Morgan fingerprint density at radius 1 is 1.03 bits per heavy atom. The van der Waals surface area contributed by atoms with Gasteiger partial charge in [-0.05, 0) is 42.5 Å². The standard InChI is InChI=1S/C21H19ClN2O6/c1-28-20(26)17-11-30-12-24(18(17)21(27)29-2)16-5-3-4-13(10-16)19(25)23-15-8-6-14(22)7-9-15/h3-10H,11-12H2,1-2H3,(H,23,25). The first-order valence-corrected chi connectivity index (χ1v) is 9.24. The molecule has 0 atom stereocenters. The quantitative estimate of drug-likeness (QED) is 0.728. The number of esters is 2. The Balaban J connectivity index is 1.93. The van der Waals surface area contributed by atoms with Crippen molar-refractivity contribution in [3.05, 3.63) is 70.4 Å². The number of rotatable bonds is 5. The summed E-state index contributed by atoms with van der Waals surface area (Å²) in [5.41, 5.74) is 1.44. The smallest absolute Gasteiger partial charge is 0.355 e. The van der Waals surface area contributed by atoms with Gasteiger partial charge in [-0.15, -0.1) is 0 Å². The highest BCUT2D eigenvalue weighted by Crippen LogP contribution is 2.27. The second-order valence-corrected chi connectivity index (χ2v) is 6.66. The van der Waals surface area contributed by atoms with Crippen LogP contribution in [0.1, 0.15) is 10.4 Å². The highest BCUT2D eigenvalue weighted by atomic mass is 35.5. The van der Waals surface area contributed by atoms with E-state index in [9.17, 15) is 14.4 Å². The van der Waals surface area contributed by atoms with Crippen LogP contribution in [-0.2, 0) is 23.8 Å². The number of hydrogen-bond donors (Lipinski definition) is 1. The maximum absolute atomic E-state index is 12.7. The summed E-state index contributed by atoms with van der Waals surface area (Å²) in [6.45, 7) is -0.0997. The molecule has 0 fully saturated rings. The fourth-order valence-corrected chi connectivity index (χ4v) is 3.02. The summed E-state index contributed by atoms with van der Waals surface area (Å²) in [4.78, 5) is 38.6. The molecule has 1 N–H and O–H groups in total. The molecule has 1 heterocycles. The lowest BCUT2D eigenvalue weighted by atomic mass is 10.1. The topological polar surface area (TPSA) is 94.2 Å². The molecule has 30 heavy (non-hydrogen) atoms. The Bertz CT molecular complexity index is 1000. The van der Waals surface area contributed by atoms with Gasteiger partial charge in [0.25, 0.3) is 5.91 Å². The van der Waals surface area contributed by atoms with Crippen molar-refractivity contribution < 1.29 is 28.6 Å². The minimum atomic E-state index is -0.713. The van der Waals surface area contributed by atoms with Gasteiger partial charge in [-0.1, -0.05) is 17.7 Å². The van der Waals surface area contributed by atoms with Gasteiger partial charge < -0.3 is 24.4 Å². The molecule has 0 aliphatic carbocycles. The van der Waals surface area contributed by atoms with Crippen molar-refractivity contribution in [2.45, 2.75) is 0 Å². The highest BCUT2D eigenvalue weighted by Gasteiger charge is 2.32. The number of nitrogens with one attached hydrogen (secondary N) is 1. The molecule has 0 radical (unpaired) electrons. The van der Waals surface area contributed by atoms with Gasteiger partial charge in [0.1, 0.15) is 12.4 Å². The van der Waals surface area contributed by atoms with Crippen molar-refractivity contribution in [3.8, 4) is 0 Å². The van der Waals surface area contributed by atoms with E-state index in [2.05, 4.69) is 5.32 Å². The molecule has 1 amide bonds. The van der Waals surface area contributed by atoms with E-state index < -0.39 is 11.9 Å². The Labute approximate surface area is 178 Å². The summed E-state index contributed by atoms with van der Waals surface area (Å²) in [5.74, 6) is -1.76. The molecule has 2 aromatic rings. The molecule has 3 rings (SSSR count). The lowest BCUT2D eigenvalue weighted by molar-refractivity contribution is -0.140. The fraction of sp³-hybridized carbons (Fsp3) is 0.190. The average Bonchev–Trinajstić information content (AvgIpc) is 2.79. The third-order valence-corrected chi connectivity index (χ3v) is 4.61. The molecule has 8 nitrogen and oxygen atoms in total. The zero-order valence-electron chi connectivity index (χ0n) is 16.3. The maximum Gasteiger partial charge on any atom is 0.355 e. The first-order valence-electron chi connectivity index (χ1n) is 8.86. The third kappa shape index (κ3) is 4.61. The van der Waals surface area contributed by atoms with Gasteiger partial charge in [-0.25, -0.2) is 9.59 Å². The normalized spacial score (nSPS) is 13.6. The summed E-state index contributed by atoms with van der Waals surface area (Å²) >= 11 is 5.86. The first kappa shape index (κ1) is 21.4. The molecule has 0 spiro atoms. The highest BCUT2D eigenvalue weighted by molar-refractivity contribution is 6.30. The molecule has 0 unspecified atom stereocenters. The van der Waals surface area contributed by atoms with Crippen molar-refractivity contribution in [1.82, 2.24) is 0 Å². The van der Waals surface area contributed by atoms with E-state index >= 15 is 0 Å². The Morgan fingerprint density at radius 2 is 1.73 bits per heavy atom. The molecule has 0 saturated carbocycles. The lowest BCUT2D eigenvalue weighted by Gasteiger charge is -2.31. The zero-order chi connectivity index (χ0) is 21.7. The average molecular weight is 431 g/mol. The van der Waals surface area contributed by atoms with Crippen LogP contribution in [-0.4, -0.2) is 45.4 Å². The van der Waals surface area contributed by atoms with E-state index in [1.165, 1.54) is 19.1 Å². The number of amides is 1. The second kappa shape index (κ2) is 9.43. The molecule has 9 heteroatoms. The molecule has 0 saturated heterocycles. The van der Waals surface area contributed by atoms with Crippen molar-refractivity contribution in [2.75, 3.05) is 37.8 Å². The van der Waals surface area contributed by atoms with Crippen LogP contribution in [0.25, 0.3) is 0 Å². The minimum Gasteiger partial charge on any atom is -0.466 e. The number of hydrogen-bond acceptors (Lipinski definition) is 7. The number of anilines is 2. The third-order valence-electron chi connectivity index (χ3n) is 4.36. The summed E-state index contributed by atoms with van der Waals surface area (Å²) in [6, 6.07) is 13.3. The molecule has 1 aliphatic rings. The van der Waals surface area contributed by atoms with E-state index in [-0.39, 0.29) is 30.5 Å². The van der Waals surface area contributed by atoms with E-state index in [1.54, 1.807) is 48.5 Å². The molecule has 2 aromatic carbocycles. The van der Waals surface area contributed by atoms with Crippen LogP contribution in [0.15, 0.2) is 59.8 Å². The monoisotopic (exact) mass is 430 g/mol. The lowest BCUT2D eigenvalue weighted by Crippen LogP contribution is -2.38. The number of methoxy groups -OCH3 is 2. The number of nitrogens with zero attached hydrogens (tertiary/aromatic N) is 1. The van der Waals surface area contributed by atoms with Crippen molar-refractivity contribution in [1.29, 1.82) is 0 Å². The van der Waals surface area contributed by atoms with Gasteiger partial charge in [0, 0.05) is 22.0 Å². The molecule has 1 aliphatic heterocycles. The van der Waals surface area contributed by atoms with Gasteiger partial charge in [0.2, 0.25) is 0 Å². The second-order valence-electron chi connectivity index (χ2n) is 6.23. The van der Waals surface area contributed by atoms with E-state index in [1.807, 2.05) is 0 Å². The summed E-state index contributed by atoms with van der Waals surface area (Å²) in [6.07, 6.45) is 0. The number of halogens is 1. The number of ether oxygens (including phenoxy) is 3. The predicted molar refractivity (Wildman–Crippen MR) is 110 cm³/mol. The predicted octanol–water partition coefficient (Wildman–Crippen LogP) is 2.99. The van der Waals surface area contributed by atoms with Crippen LogP contribution >= 0.6 is 11.6 Å². The number of carbonyl (C=O) groups is 3. The Morgan fingerprint density at radius 3 is 2.40 bits per heavy atom. The van der Waals surface area contributed by atoms with Crippen LogP contribution in [0.4, 0.5) is 11.4 Å². The van der Waals surface area contributed by atoms with E-state index in [0.717, 1.165) is 0 Å². The largest absolute Gasteiger partial charge is 0.466 e. The fourth-order valence-electron chi connectivity index (χ4n) is 2.90. The Kier molecular flexibility index (Phi) is 6.71. The summed E-state index contributed by atoms with van der Waals surface area (Å²) in [5, 5.41) is 3.33. The SMILES string of the molecule is COC(=O)C1=C(C(=O)OC)N(c2cccc(C(=O)Nc3ccc(Cl)cc3)c2)COC1. The maximum atomic E-state index is 12.7. The molecule has 156 valence electrons.